The van der Waals surface area contributed by atoms with Gasteiger partial charge in [-0.3, -0.25) is 29.9 Å². The zero-order chi connectivity index (χ0) is 22.0. The molecule has 9 nitrogen and oxygen atoms in total. The van der Waals surface area contributed by atoms with Crippen LogP contribution in [0.4, 0.5) is 16.2 Å². The van der Waals surface area contributed by atoms with Gasteiger partial charge in [0.1, 0.15) is 5.57 Å². The SMILES string of the molecule is CC(c1ccccc1)N1C(=O)NC(=O)/C(=C/c2cc([N+](=O)[O-])ccc2N(C)C)C1=O. The fraction of sp³-hybridized carbons (Fsp3) is 0.190. The minimum atomic E-state index is -0.849. The maximum absolute atomic E-state index is 13.1. The van der Waals surface area contributed by atoms with Crippen LogP contribution in [0.3, 0.4) is 0 Å². The number of carbonyl (C=O) groups is 3. The molecule has 0 aromatic heterocycles. The molecule has 1 unspecified atom stereocenters. The Morgan fingerprint density at radius 3 is 2.37 bits per heavy atom. The number of hydrogen-bond donors (Lipinski definition) is 1. The van der Waals surface area contributed by atoms with Crippen LogP contribution in [-0.4, -0.2) is 41.8 Å². The van der Waals surface area contributed by atoms with E-state index in [0.717, 1.165) is 10.5 Å². The lowest BCUT2D eigenvalue weighted by atomic mass is 10.0. The lowest BCUT2D eigenvalue weighted by molar-refractivity contribution is -0.384. The molecule has 1 N–H and O–H groups in total. The quantitative estimate of drug-likeness (QED) is 0.352. The third-order valence-electron chi connectivity index (χ3n) is 4.81. The summed E-state index contributed by atoms with van der Waals surface area (Å²) in [6, 6.07) is 11.7. The maximum Gasteiger partial charge on any atom is 0.331 e. The average molecular weight is 408 g/mol. The van der Waals surface area contributed by atoms with Crippen LogP contribution in [0.25, 0.3) is 6.08 Å². The second-order valence-corrected chi connectivity index (χ2v) is 6.97. The Bertz CT molecular complexity index is 1060. The van der Waals surface area contributed by atoms with Crippen LogP contribution in [0.2, 0.25) is 0 Å². The van der Waals surface area contributed by atoms with E-state index < -0.39 is 28.8 Å². The second-order valence-electron chi connectivity index (χ2n) is 6.97. The third kappa shape index (κ3) is 3.90. The third-order valence-corrected chi connectivity index (χ3v) is 4.81. The largest absolute Gasteiger partial charge is 0.377 e. The first-order valence-corrected chi connectivity index (χ1v) is 9.12. The van der Waals surface area contributed by atoms with Crippen molar-refractivity contribution in [3.63, 3.8) is 0 Å². The van der Waals surface area contributed by atoms with Gasteiger partial charge < -0.3 is 4.90 Å². The fourth-order valence-electron chi connectivity index (χ4n) is 3.24. The van der Waals surface area contributed by atoms with Crippen molar-refractivity contribution in [1.82, 2.24) is 10.2 Å². The Balaban J connectivity index is 2.07. The minimum absolute atomic E-state index is 0.179. The van der Waals surface area contributed by atoms with Crippen molar-refractivity contribution >= 4 is 35.3 Å². The van der Waals surface area contributed by atoms with Gasteiger partial charge >= 0.3 is 6.03 Å². The summed E-state index contributed by atoms with van der Waals surface area (Å²) in [7, 11) is 3.47. The van der Waals surface area contributed by atoms with E-state index in [9.17, 15) is 24.5 Å². The number of urea groups is 1. The fourth-order valence-corrected chi connectivity index (χ4v) is 3.24. The van der Waals surface area contributed by atoms with E-state index in [1.165, 1.54) is 24.3 Å². The monoisotopic (exact) mass is 408 g/mol. The highest BCUT2D eigenvalue weighted by atomic mass is 16.6. The summed E-state index contributed by atoms with van der Waals surface area (Å²) in [6.45, 7) is 1.68. The summed E-state index contributed by atoms with van der Waals surface area (Å²) in [6.07, 6.45) is 1.27. The number of imide groups is 2. The number of nitro benzene ring substituents is 1. The summed E-state index contributed by atoms with van der Waals surface area (Å²) in [5.41, 5.74) is 1.16. The normalized spacial score (nSPS) is 16.4. The summed E-state index contributed by atoms with van der Waals surface area (Å²) in [4.78, 5) is 51.2. The number of non-ortho nitro benzene ring substituents is 1. The number of rotatable bonds is 5. The average Bonchev–Trinajstić information content (AvgIpc) is 2.71. The second kappa shape index (κ2) is 8.16. The topological polar surface area (TPSA) is 113 Å². The van der Waals surface area contributed by atoms with Crippen LogP contribution in [0.15, 0.2) is 54.1 Å². The Morgan fingerprint density at radius 2 is 1.77 bits per heavy atom. The van der Waals surface area contributed by atoms with Crippen LogP contribution in [0.1, 0.15) is 24.1 Å². The van der Waals surface area contributed by atoms with E-state index >= 15 is 0 Å². The van der Waals surface area contributed by atoms with E-state index in [1.54, 1.807) is 50.2 Å². The molecule has 0 spiro atoms. The van der Waals surface area contributed by atoms with Crippen molar-refractivity contribution in [3.05, 3.63) is 75.3 Å². The van der Waals surface area contributed by atoms with Crippen molar-refractivity contribution in [1.29, 1.82) is 0 Å². The molecule has 0 aliphatic carbocycles. The first-order chi connectivity index (χ1) is 14.2. The molecule has 4 amide bonds. The maximum atomic E-state index is 13.1. The molecule has 0 radical (unpaired) electrons. The molecule has 1 saturated heterocycles. The van der Waals surface area contributed by atoms with Gasteiger partial charge in [0, 0.05) is 37.5 Å². The van der Waals surface area contributed by atoms with E-state index in [-0.39, 0.29) is 11.3 Å². The Morgan fingerprint density at radius 1 is 1.10 bits per heavy atom. The van der Waals surface area contributed by atoms with E-state index in [0.29, 0.717) is 11.3 Å². The van der Waals surface area contributed by atoms with Gasteiger partial charge in [0.2, 0.25) is 0 Å². The molecule has 0 bridgehead atoms. The number of nitro groups is 1. The van der Waals surface area contributed by atoms with Crippen molar-refractivity contribution in [2.45, 2.75) is 13.0 Å². The molecule has 1 heterocycles. The van der Waals surface area contributed by atoms with Gasteiger partial charge in [-0.05, 0) is 24.6 Å². The lowest BCUT2D eigenvalue weighted by Crippen LogP contribution is -2.54. The molecular formula is C21H20N4O5. The van der Waals surface area contributed by atoms with Crippen molar-refractivity contribution in [2.75, 3.05) is 19.0 Å². The van der Waals surface area contributed by atoms with Crippen LogP contribution >= 0.6 is 0 Å². The number of amides is 4. The lowest BCUT2D eigenvalue weighted by Gasteiger charge is -2.31. The zero-order valence-electron chi connectivity index (χ0n) is 16.7. The smallest absolute Gasteiger partial charge is 0.331 e. The van der Waals surface area contributed by atoms with E-state index in [4.69, 9.17) is 0 Å². The van der Waals surface area contributed by atoms with E-state index in [1.807, 2.05) is 6.07 Å². The predicted molar refractivity (Wildman–Crippen MR) is 111 cm³/mol. The minimum Gasteiger partial charge on any atom is -0.377 e. The number of benzene rings is 2. The summed E-state index contributed by atoms with van der Waals surface area (Å²) in [5.74, 6) is -1.62. The molecule has 30 heavy (non-hydrogen) atoms. The van der Waals surface area contributed by atoms with E-state index in [2.05, 4.69) is 5.32 Å². The molecular weight excluding hydrogens is 388 g/mol. The summed E-state index contributed by atoms with van der Waals surface area (Å²) in [5, 5.41) is 13.3. The van der Waals surface area contributed by atoms with Crippen LogP contribution in [0, 0.1) is 10.1 Å². The molecule has 1 fully saturated rings. The number of anilines is 1. The van der Waals surface area contributed by atoms with Crippen LogP contribution < -0.4 is 10.2 Å². The highest BCUT2D eigenvalue weighted by Crippen LogP contribution is 2.29. The molecule has 0 saturated carbocycles. The number of carbonyl (C=O) groups excluding carboxylic acids is 3. The van der Waals surface area contributed by atoms with Gasteiger partial charge in [-0.25, -0.2) is 4.79 Å². The predicted octanol–water partition coefficient (Wildman–Crippen LogP) is 2.88. The van der Waals surface area contributed by atoms with Crippen LogP contribution in [0.5, 0.6) is 0 Å². The molecule has 3 rings (SSSR count). The van der Waals surface area contributed by atoms with Gasteiger partial charge in [-0.2, -0.15) is 0 Å². The Hall–Kier alpha value is -4.01. The first kappa shape index (κ1) is 20.7. The standard InChI is InChI=1S/C21H20N4O5/c1-13(14-7-5-4-6-8-14)24-20(27)17(19(26)22-21(24)28)12-15-11-16(25(29)30)9-10-18(15)23(2)3/h4-13H,1-3H3,(H,22,26,28)/b17-12-. The Kier molecular flexibility index (Phi) is 5.63. The number of nitrogens with zero attached hydrogens (tertiary/aromatic N) is 3. The molecule has 9 heteroatoms. The molecule has 1 aliphatic heterocycles. The molecule has 2 aromatic carbocycles. The van der Waals surface area contributed by atoms with Crippen molar-refractivity contribution in [3.8, 4) is 0 Å². The number of hydrogen-bond acceptors (Lipinski definition) is 6. The highest BCUT2D eigenvalue weighted by molar-refractivity contribution is 6.31. The van der Waals surface area contributed by atoms with Gasteiger partial charge in [0.25, 0.3) is 17.5 Å². The summed E-state index contributed by atoms with van der Waals surface area (Å²) < 4.78 is 0. The van der Waals surface area contributed by atoms with Gasteiger partial charge in [0.15, 0.2) is 0 Å². The molecule has 1 atom stereocenters. The first-order valence-electron chi connectivity index (χ1n) is 9.12. The van der Waals surface area contributed by atoms with Crippen molar-refractivity contribution < 1.29 is 19.3 Å². The van der Waals surface area contributed by atoms with Gasteiger partial charge in [-0.1, -0.05) is 30.3 Å². The molecule has 1 aliphatic rings. The van der Waals surface area contributed by atoms with Crippen LogP contribution in [-0.2, 0) is 9.59 Å². The van der Waals surface area contributed by atoms with Gasteiger partial charge in [0.05, 0.1) is 11.0 Å². The summed E-state index contributed by atoms with van der Waals surface area (Å²) >= 11 is 0. The van der Waals surface area contributed by atoms with Crippen molar-refractivity contribution in [2.24, 2.45) is 0 Å². The Labute approximate surface area is 172 Å². The molecule has 2 aromatic rings. The highest BCUT2D eigenvalue weighted by Gasteiger charge is 2.39. The molecule has 154 valence electrons. The zero-order valence-corrected chi connectivity index (χ0v) is 16.7. The van der Waals surface area contributed by atoms with Gasteiger partial charge in [-0.15, -0.1) is 0 Å². The number of nitrogens with one attached hydrogen (secondary N) is 1. The number of barbiturate groups is 1.